The Kier molecular flexibility index (Phi) is 3.58. The second kappa shape index (κ2) is 4.56. The summed E-state index contributed by atoms with van der Waals surface area (Å²) < 4.78 is 0. The minimum Gasteiger partial charge on any atom is -0.299 e. The van der Waals surface area contributed by atoms with Crippen molar-refractivity contribution in [1.29, 1.82) is 0 Å². The van der Waals surface area contributed by atoms with Crippen molar-refractivity contribution in [3.63, 3.8) is 0 Å². The third kappa shape index (κ3) is 2.56. The first kappa shape index (κ1) is 7.86. The number of rotatable bonds is 3. The van der Waals surface area contributed by atoms with Gasteiger partial charge in [-0.3, -0.25) is 4.79 Å². The number of hydrogen-bond donors (Lipinski definition) is 0. The van der Waals surface area contributed by atoms with Crippen LogP contribution in [0.2, 0.25) is 0 Å². The van der Waals surface area contributed by atoms with Gasteiger partial charge in [-0.25, -0.2) is 0 Å². The SMILES string of the molecule is O=C/C=C\CC1CCSC1. The first-order valence-corrected chi connectivity index (χ1v) is 4.77. The second-order valence-electron chi connectivity index (χ2n) is 2.53. The molecule has 0 aromatic carbocycles. The van der Waals surface area contributed by atoms with Gasteiger partial charge in [0.05, 0.1) is 0 Å². The Morgan fingerprint density at radius 2 is 2.50 bits per heavy atom. The van der Waals surface area contributed by atoms with E-state index < -0.39 is 0 Å². The molecule has 10 heavy (non-hydrogen) atoms. The molecule has 1 nitrogen and oxygen atoms in total. The molecule has 1 atom stereocenters. The molecular formula is C8H12OS. The van der Waals surface area contributed by atoms with Crippen molar-refractivity contribution in [1.82, 2.24) is 0 Å². The Bertz CT molecular complexity index is 125. The molecule has 0 bridgehead atoms. The first-order chi connectivity index (χ1) is 4.93. The van der Waals surface area contributed by atoms with E-state index in [2.05, 4.69) is 0 Å². The van der Waals surface area contributed by atoms with Gasteiger partial charge in [0.25, 0.3) is 0 Å². The summed E-state index contributed by atoms with van der Waals surface area (Å²) in [5, 5.41) is 0. The van der Waals surface area contributed by atoms with Crippen LogP contribution < -0.4 is 0 Å². The minimum atomic E-state index is 0.834. The largest absolute Gasteiger partial charge is 0.299 e. The lowest BCUT2D eigenvalue weighted by Gasteiger charge is -2.00. The van der Waals surface area contributed by atoms with E-state index in [9.17, 15) is 4.79 Å². The lowest BCUT2D eigenvalue weighted by atomic mass is 10.1. The molecule has 0 aromatic heterocycles. The lowest BCUT2D eigenvalue weighted by Crippen LogP contribution is -1.94. The average molecular weight is 156 g/mol. The summed E-state index contributed by atoms with van der Waals surface area (Å²) in [6, 6.07) is 0. The standard InChI is InChI=1S/C8H12OS/c9-5-2-1-3-8-4-6-10-7-8/h1-2,5,8H,3-4,6-7H2/b2-1-. The van der Waals surface area contributed by atoms with Crippen molar-refractivity contribution in [2.45, 2.75) is 12.8 Å². The number of allylic oxidation sites excluding steroid dienone is 2. The molecule has 0 radical (unpaired) electrons. The van der Waals surface area contributed by atoms with Gasteiger partial charge >= 0.3 is 0 Å². The predicted molar refractivity (Wildman–Crippen MR) is 45.3 cm³/mol. The third-order valence-electron chi connectivity index (χ3n) is 1.71. The van der Waals surface area contributed by atoms with E-state index in [1.807, 2.05) is 17.8 Å². The molecule has 1 heterocycles. The number of thioether (sulfide) groups is 1. The Morgan fingerprint density at radius 1 is 1.60 bits per heavy atom. The number of carbonyl (C=O) groups is 1. The van der Waals surface area contributed by atoms with Gasteiger partial charge in [-0.2, -0.15) is 11.8 Å². The van der Waals surface area contributed by atoms with E-state index in [0.717, 1.165) is 18.6 Å². The molecule has 0 spiro atoms. The zero-order chi connectivity index (χ0) is 7.23. The van der Waals surface area contributed by atoms with Crippen molar-refractivity contribution in [3.05, 3.63) is 12.2 Å². The monoisotopic (exact) mass is 156 g/mol. The van der Waals surface area contributed by atoms with Crippen LogP contribution >= 0.6 is 11.8 Å². The van der Waals surface area contributed by atoms with Crippen LogP contribution in [0, 0.1) is 5.92 Å². The molecular weight excluding hydrogens is 144 g/mol. The maximum absolute atomic E-state index is 9.89. The van der Waals surface area contributed by atoms with Crippen LogP contribution in [0.15, 0.2) is 12.2 Å². The van der Waals surface area contributed by atoms with Gasteiger partial charge in [0.15, 0.2) is 0 Å². The summed E-state index contributed by atoms with van der Waals surface area (Å²) in [5.74, 6) is 3.42. The van der Waals surface area contributed by atoms with Gasteiger partial charge in [0.2, 0.25) is 0 Å². The predicted octanol–water partition coefficient (Wildman–Crippen LogP) is 1.88. The van der Waals surface area contributed by atoms with Crippen LogP contribution in [0.25, 0.3) is 0 Å². The second-order valence-corrected chi connectivity index (χ2v) is 3.68. The fraction of sp³-hybridized carbons (Fsp3) is 0.625. The summed E-state index contributed by atoms with van der Waals surface area (Å²) in [4.78, 5) is 9.89. The Hall–Kier alpha value is -0.240. The van der Waals surface area contributed by atoms with Gasteiger partial charge in [-0.05, 0) is 36.3 Å². The fourth-order valence-electron chi connectivity index (χ4n) is 1.10. The van der Waals surface area contributed by atoms with Crippen LogP contribution in [-0.4, -0.2) is 17.8 Å². The number of carbonyl (C=O) groups excluding carboxylic acids is 1. The van der Waals surface area contributed by atoms with Gasteiger partial charge in [-0.15, -0.1) is 0 Å². The zero-order valence-corrected chi connectivity index (χ0v) is 6.77. The van der Waals surface area contributed by atoms with Gasteiger partial charge < -0.3 is 0 Å². The summed E-state index contributed by atoms with van der Waals surface area (Å²) >= 11 is 2.02. The molecule has 0 N–H and O–H groups in total. The van der Waals surface area contributed by atoms with E-state index in [4.69, 9.17) is 0 Å². The molecule has 1 unspecified atom stereocenters. The van der Waals surface area contributed by atoms with Crippen LogP contribution in [0.4, 0.5) is 0 Å². The Morgan fingerprint density at radius 3 is 3.10 bits per heavy atom. The van der Waals surface area contributed by atoms with Crippen LogP contribution in [0.5, 0.6) is 0 Å². The molecule has 1 fully saturated rings. The van der Waals surface area contributed by atoms with E-state index in [1.165, 1.54) is 17.9 Å². The molecule has 0 aromatic rings. The van der Waals surface area contributed by atoms with E-state index in [0.29, 0.717) is 0 Å². The highest BCUT2D eigenvalue weighted by molar-refractivity contribution is 7.99. The molecule has 0 saturated carbocycles. The minimum absolute atomic E-state index is 0.834. The van der Waals surface area contributed by atoms with E-state index in [-0.39, 0.29) is 0 Å². The summed E-state index contributed by atoms with van der Waals surface area (Å²) in [5.41, 5.74) is 0. The van der Waals surface area contributed by atoms with E-state index in [1.54, 1.807) is 6.08 Å². The zero-order valence-electron chi connectivity index (χ0n) is 5.95. The number of hydrogen-bond acceptors (Lipinski definition) is 2. The highest BCUT2D eigenvalue weighted by Crippen LogP contribution is 2.25. The normalized spacial score (nSPS) is 25.8. The first-order valence-electron chi connectivity index (χ1n) is 3.61. The van der Waals surface area contributed by atoms with Crippen molar-refractivity contribution >= 4 is 18.0 Å². The van der Waals surface area contributed by atoms with Crippen molar-refractivity contribution in [2.24, 2.45) is 5.92 Å². The molecule has 1 saturated heterocycles. The average Bonchev–Trinajstić information content (AvgIpc) is 2.41. The summed E-state index contributed by atoms with van der Waals surface area (Å²) in [6.45, 7) is 0. The smallest absolute Gasteiger partial charge is 0.142 e. The maximum atomic E-state index is 9.89. The molecule has 0 aliphatic carbocycles. The third-order valence-corrected chi connectivity index (χ3v) is 2.94. The summed E-state index contributed by atoms with van der Waals surface area (Å²) in [7, 11) is 0. The molecule has 1 aliphatic rings. The quantitative estimate of drug-likeness (QED) is 0.458. The van der Waals surface area contributed by atoms with Crippen LogP contribution in [0.3, 0.4) is 0 Å². The van der Waals surface area contributed by atoms with Crippen molar-refractivity contribution < 1.29 is 4.79 Å². The van der Waals surface area contributed by atoms with E-state index >= 15 is 0 Å². The highest BCUT2D eigenvalue weighted by Gasteiger charge is 2.12. The van der Waals surface area contributed by atoms with Crippen molar-refractivity contribution in [2.75, 3.05) is 11.5 Å². The molecule has 2 heteroatoms. The lowest BCUT2D eigenvalue weighted by molar-refractivity contribution is -0.104. The fourth-order valence-corrected chi connectivity index (χ4v) is 2.40. The number of aldehydes is 1. The van der Waals surface area contributed by atoms with Gasteiger partial charge in [-0.1, -0.05) is 6.08 Å². The van der Waals surface area contributed by atoms with Crippen molar-refractivity contribution in [3.8, 4) is 0 Å². The van der Waals surface area contributed by atoms with Gasteiger partial charge in [0, 0.05) is 0 Å². The molecule has 1 rings (SSSR count). The summed E-state index contributed by atoms with van der Waals surface area (Å²) in [6.07, 6.45) is 6.84. The molecule has 0 amide bonds. The van der Waals surface area contributed by atoms with Crippen LogP contribution in [-0.2, 0) is 4.79 Å². The van der Waals surface area contributed by atoms with Crippen LogP contribution in [0.1, 0.15) is 12.8 Å². The topological polar surface area (TPSA) is 17.1 Å². The highest BCUT2D eigenvalue weighted by atomic mass is 32.2. The maximum Gasteiger partial charge on any atom is 0.142 e. The molecule has 56 valence electrons. The Labute approximate surface area is 65.9 Å². The Balaban J connectivity index is 2.12. The molecule has 1 aliphatic heterocycles. The van der Waals surface area contributed by atoms with Gasteiger partial charge in [0.1, 0.15) is 6.29 Å².